The lowest BCUT2D eigenvalue weighted by molar-refractivity contribution is 0.0687. The number of anilines is 3. The topological polar surface area (TPSA) is 114 Å². The minimum atomic E-state index is -3.37. The molecule has 0 atom stereocenters. The second kappa shape index (κ2) is 9.83. The number of carbonyl (C=O) groups is 1. The zero-order valence-corrected chi connectivity index (χ0v) is 20.9. The quantitative estimate of drug-likeness (QED) is 0.646. The fourth-order valence-electron chi connectivity index (χ4n) is 4.09. The van der Waals surface area contributed by atoms with Crippen molar-refractivity contribution < 1.29 is 22.7 Å². The van der Waals surface area contributed by atoms with Crippen molar-refractivity contribution in [2.24, 2.45) is 0 Å². The van der Waals surface area contributed by atoms with E-state index in [1.54, 1.807) is 11.0 Å². The van der Waals surface area contributed by atoms with Crippen molar-refractivity contribution in [1.82, 2.24) is 14.9 Å². The third-order valence-electron chi connectivity index (χ3n) is 5.76. The highest BCUT2D eigenvalue weighted by atomic mass is 35.5. The van der Waals surface area contributed by atoms with Crippen LogP contribution in [0.2, 0.25) is 5.02 Å². The molecule has 0 spiro atoms. The van der Waals surface area contributed by atoms with Gasteiger partial charge in [0, 0.05) is 25.4 Å². The zero-order valence-electron chi connectivity index (χ0n) is 19.3. The standard InChI is InChI=1S/C22H28ClN5O5S/c1-14(2)33-22(29)27-8-6-15(7-9-27)28-10-11-32-19-20(24-13-25-21(19)28)26-18-5-4-16(12-17(18)23)34(3,30)31/h4-5,12-15H,6-11H2,1-3H3,(H,24,25,26). The molecule has 2 aliphatic rings. The molecule has 0 saturated carbocycles. The summed E-state index contributed by atoms with van der Waals surface area (Å²) in [6.45, 7) is 6.05. The summed E-state index contributed by atoms with van der Waals surface area (Å²) in [6, 6.07) is 4.69. The van der Waals surface area contributed by atoms with E-state index in [0.29, 0.717) is 49.3 Å². The number of carbonyl (C=O) groups excluding carboxylic acids is 1. The van der Waals surface area contributed by atoms with Crippen LogP contribution in [0.15, 0.2) is 29.4 Å². The lowest BCUT2D eigenvalue weighted by atomic mass is 10.0. The molecule has 1 aromatic carbocycles. The van der Waals surface area contributed by atoms with Crippen LogP contribution in [0, 0.1) is 0 Å². The van der Waals surface area contributed by atoms with E-state index < -0.39 is 9.84 Å². The first-order valence-corrected chi connectivity index (χ1v) is 13.4. The zero-order chi connectivity index (χ0) is 24.5. The molecule has 1 N–H and O–H groups in total. The maximum absolute atomic E-state index is 12.2. The largest absolute Gasteiger partial charge is 0.485 e. The van der Waals surface area contributed by atoms with E-state index in [1.165, 1.54) is 18.5 Å². The molecular weight excluding hydrogens is 482 g/mol. The summed E-state index contributed by atoms with van der Waals surface area (Å²) in [5.74, 6) is 1.64. The number of hydrogen-bond donors (Lipinski definition) is 1. The van der Waals surface area contributed by atoms with Gasteiger partial charge in [-0.1, -0.05) is 11.6 Å². The van der Waals surface area contributed by atoms with Crippen molar-refractivity contribution in [2.75, 3.05) is 42.7 Å². The Morgan fingerprint density at radius 3 is 2.62 bits per heavy atom. The van der Waals surface area contributed by atoms with Gasteiger partial charge in [-0.15, -0.1) is 0 Å². The number of sulfone groups is 1. The summed E-state index contributed by atoms with van der Waals surface area (Å²) in [4.78, 5) is 25.1. The molecule has 12 heteroatoms. The van der Waals surface area contributed by atoms with Crippen molar-refractivity contribution in [3.63, 3.8) is 0 Å². The number of nitrogens with one attached hydrogen (secondary N) is 1. The van der Waals surface area contributed by atoms with Crippen LogP contribution in [-0.2, 0) is 14.6 Å². The first-order chi connectivity index (χ1) is 16.1. The van der Waals surface area contributed by atoms with E-state index in [2.05, 4.69) is 20.2 Å². The average Bonchev–Trinajstić information content (AvgIpc) is 2.79. The molecule has 1 amide bonds. The normalized spacial score (nSPS) is 16.7. The van der Waals surface area contributed by atoms with Crippen molar-refractivity contribution in [2.45, 2.75) is 43.7 Å². The Morgan fingerprint density at radius 2 is 1.97 bits per heavy atom. The number of piperidine rings is 1. The van der Waals surface area contributed by atoms with Crippen LogP contribution in [-0.4, -0.2) is 74.0 Å². The van der Waals surface area contributed by atoms with Gasteiger partial charge >= 0.3 is 6.09 Å². The Bertz CT molecular complexity index is 1170. The van der Waals surface area contributed by atoms with Crippen LogP contribution in [0.25, 0.3) is 0 Å². The summed E-state index contributed by atoms with van der Waals surface area (Å²) < 4.78 is 34.8. The minimum absolute atomic E-state index is 0.138. The average molecular weight is 510 g/mol. The summed E-state index contributed by atoms with van der Waals surface area (Å²) in [7, 11) is -3.37. The number of benzene rings is 1. The number of ether oxygens (including phenoxy) is 2. The third kappa shape index (κ3) is 5.30. The van der Waals surface area contributed by atoms with Crippen molar-refractivity contribution in [1.29, 1.82) is 0 Å². The van der Waals surface area contributed by atoms with E-state index in [1.807, 2.05) is 13.8 Å². The Morgan fingerprint density at radius 1 is 1.24 bits per heavy atom. The number of halogens is 1. The van der Waals surface area contributed by atoms with Crippen LogP contribution in [0.4, 0.5) is 22.1 Å². The van der Waals surface area contributed by atoms with Crippen LogP contribution in [0.3, 0.4) is 0 Å². The van der Waals surface area contributed by atoms with E-state index in [4.69, 9.17) is 21.1 Å². The van der Waals surface area contributed by atoms with Gasteiger partial charge in [-0.05, 0) is 44.9 Å². The number of nitrogens with zero attached hydrogens (tertiary/aromatic N) is 4. The van der Waals surface area contributed by atoms with Crippen LogP contribution in [0.1, 0.15) is 26.7 Å². The Balaban J connectivity index is 1.50. The molecule has 3 heterocycles. The summed E-state index contributed by atoms with van der Waals surface area (Å²) >= 11 is 6.33. The van der Waals surface area contributed by atoms with Gasteiger partial charge in [0.2, 0.25) is 5.75 Å². The van der Waals surface area contributed by atoms with Gasteiger partial charge < -0.3 is 24.6 Å². The van der Waals surface area contributed by atoms with E-state index in [-0.39, 0.29) is 28.2 Å². The summed E-state index contributed by atoms with van der Waals surface area (Å²) in [5, 5.41) is 3.40. The van der Waals surface area contributed by atoms with Gasteiger partial charge in [-0.2, -0.15) is 0 Å². The van der Waals surface area contributed by atoms with Gasteiger partial charge in [0.1, 0.15) is 12.9 Å². The molecule has 34 heavy (non-hydrogen) atoms. The molecule has 1 saturated heterocycles. The lowest BCUT2D eigenvalue weighted by Crippen LogP contribution is -2.49. The van der Waals surface area contributed by atoms with Gasteiger partial charge in [-0.25, -0.2) is 23.2 Å². The molecule has 2 aliphatic heterocycles. The number of rotatable bonds is 5. The first-order valence-electron chi connectivity index (χ1n) is 11.1. The molecular formula is C22H28ClN5O5S. The summed E-state index contributed by atoms with van der Waals surface area (Å²) in [5.41, 5.74) is 0.507. The molecule has 10 nitrogen and oxygen atoms in total. The summed E-state index contributed by atoms with van der Waals surface area (Å²) in [6.07, 6.45) is 3.75. The number of aromatic nitrogens is 2. The third-order valence-corrected chi connectivity index (χ3v) is 7.18. The Labute approximate surface area is 204 Å². The van der Waals surface area contributed by atoms with E-state index in [9.17, 15) is 13.2 Å². The van der Waals surface area contributed by atoms with Crippen LogP contribution in [0.5, 0.6) is 5.75 Å². The second-order valence-corrected chi connectivity index (χ2v) is 11.0. The van der Waals surface area contributed by atoms with Gasteiger partial charge in [0.15, 0.2) is 21.5 Å². The fraction of sp³-hybridized carbons (Fsp3) is 0.500. The van der Waals surface area contributed by atoms with Crippen LogP contribution < -0.4 is 15.0 Å². The van der Waals surface area contributed by atoms with Crippen molar-refractivity contribution >= 4 is 44.9 Å². The molecule has 2 aromatic rings. The first kappa shape index (κ1) is 24.3. The highest BCUT2D eigenvalue weighted by Crippen LogP contribution is 2.39. The highest BCUT2D eigenvalue weighted by molar-refractivity contribution is 7.90. The molecule has 4 rings (SSSR count). The molecule has 1 aromatic heterocycles. The number of hydrogen-bond acceptors (Lipinski definition) is 9. The predicted molar refractivity (Wildman–Crippen MR) is 129 cm³/mol. The van der Waals surface area contributed by atoms with E-state index >= 15 is 0 Å². The highest BCUT2D eigenvalue weighted by Gasteiger charge is 2.33. The maximum atomic E-state index is 12.2. The minimum Gasteiger partial charge on any atom is -0.485 e. The number of likely N-dealkylation sites (tertiary alicyclic amines) is 1. The van der Waals surface area contributed by atoms with E-state index in [0.717, 1.165) is 19.1 Å². The molecule has 0 radical (unpaired) electrons. The Hall–Kier alpha value is -2.79. The fourth-order valence-corrected chi connectivity index (χ4v) is 5.03. The van der Waals surface area contributed by atoms with Crippen LogP contribution >= 0.6 is 11.6 Å². The number of amides is 1. The predicted octanol–water partition coefficient (Wildman–Crippen LogP) is 3.49. The van der Waals surface area contributed by atoms with Gasteiger partial charge in [-0.3, -0.25) is 0 Å². The monoisotopic (exact) mass is 509 g/mol. The van der Waals surface area contributed by atoms with Crippen molar-refractivity contribution in [3.05, 3.63) is 29.5 Å². The lowest BCUT2D eigenvalue weighted by Gasteiger charge is -2.41. The molecule has 0 bridgehead atoms. The maximum Gasteiger partial charge on any atom is 0.410 e. The van der Waals surface area contributed by atoms with Gasteiger partial charge in [0.05, 0.1) is 28.3 Å². The SMILES string of the molecule is CC(C)OC(=O)N1CCC(N2CCOc3c(Nc4ccc(S(C)(=O)=O)cc4Cl)ncnc32)CC1. The molecule has 184 valence electrons. The molecule has 1 fully saturated rings. The second-order valence-electron chi connectivity index (χ2n) is 8.61. The smallest absolute Gasteiger partial charge is 0.410 e. The van der Waals surface area contributed by atoms with Gasteiger partial charge in [0.25, 0.3) is 0 Å². The van der Waals surface area contributed by atoms with Crippen molar-refractivity contribution in [3.8, 4) is 5.75 Å². The molecule has 0 aliphatic carbocycles. The Kier molecular flexibility index (Phi) is 7.04. The molecule has 0 unspecified atom stereocenters. The number of fused-ring (bicyclic) bond motifs is 1.